The average Bonchev–Trinajstić information content (AvgIpc) is 2.51. The maximum atomic E-state index is 12.4. The number of anilines is 1. The number of carbonyl (C=O) groups excluding carboxylic acids is 1. The molecule has 2 aromatic rings. The minimum atomic E-state index is 0.0656. The number of rotatable bonds is 3. The van der Waals surface area contributed by atoms with Crippen LogP contribution in [0.4, 0.5) is 5.69 Å². The molecule has 0 aliphatic heterocycles. The fourth-order valence-corrected chi connectivity index (χ4v) is 3.64. The van der Waals surface area contributed by atoms with E-state index in [9.17, 15) is 4.79 Å². The van der Waals surface area contributed by atoms with Crippen molar-refractivity contribution in [2.75, 3.05) is 5.32 Å². The maximum absolute atomic E-state index is 12.4. The lowest BCUT2D eigenvalue weighted by atomic mass is 9.90. The smallest absolute Gasteiger partial charge is 0.228 e. The summed E-state index contributed by atoms with van der Waals surface area (Å²) in [4.78, 5) is 12.4. The van der Waals surface area contributed by atoms with E-state index in [1.54, 1.807) is 0 Å². The van der Waals surface area contributed by atoms with Gasteiger partial charge < -0.3 is 5.32 Å². The second-order valence-corrected chi connectivity index (χ2v) is 6.81. The van der Waals surface area contributed by atoms with E-state index in [0.29, 0.717) is 6.42 Å². The molecular formula is C21H25NO. The summed E-state index contributed by atoms with van der Waals surface area (Å²) < 4.78 is 0. The number of carbonyl (C=O) groups is 1. The summed E-state index contributed by atoms with van der Waals surface area (Å²) in [7, 11) is 0. The number of amides is 1. The fourth-order valence-electron chi connectivity index (χ4n) is 3.64. The monoisotopic (exact) mass is 307 g/mol. The van der Waals surface area contributed by atoms with Crippen LogP contribution in [0.25, 0.3) is 0 Å². The van der Waals surface area contributed by atoms with Crippen molar-refractivity contribution in [1.29, 1.82) is 0 Å². The quantitative estimate of drug-likeness (QED) is 0.877. The van der Waals surface area contributed by atoms with Crippen LogP contribution in [-0.4, -0.2) is 5.91 Å². The Morgan fingerprint density at radius 2 is 1.61 bits per heavy atom. The Morgan fingerprint density at radius 1 is 0.957 bits per heavy atom. The molecule has 0 fully saturated rings. The van der Waals surface area contributed by atoms with Crippen molar-refractivity contribution in [3.05, 3.63) is 63.7 Å². The Balaban J connectivity index is 1.73. The standard InChI is InChI=1S/C21H25NO/c1-14-10-15(2)21(16(3)11-14)22-20(23)13-17-8-9-18-6-4-5-7-19(18)12-17/h8-12H,4-7,13H2,1-3H3,(H,22,23). The van der Waals surface area contributed by atoms with Crippen molar-refractivity contribution in [3.8, 4) is 0 Å². The number of hydrogen-bond acceptors (Lipinski definition) is 1. The Kier molecular flexibility index (Phi) is 4.51. The van der Waals surface area contributed by atoms with Gasteiger partial charge in [0.05, 0.1) is 6.42 Å². The SMILES string of the molecule is Cc1cc(C)c(NC(=O)Cc2ccc3c(c2)CCCC3)c(C)c1. The van der Waals surface area contributed by atoms with E-state index in [4.69, 9.17) is 0 Å². The first kappa shape index (κ1) is 15.8. The van der Waals surface area contributed by atoms with Gasteiger partial charge in [0.15, 0.2) is 0 Å². The lowest BCUT2D eigenvalue weighted by molar-refractivity contribution is -0.115. The van der Waals surface area contributed by atoms with Crippen LogP contribution < -0.4 is 5.32 Å². The van der Waals surface area contributed by atoms with Gasteiger partial charge in [-0.2, -0.15) is 0 Å². The van der Waals surface area contributed by atoms with Gasteiger partial charge in [0.25, 0.3) is 0 Å². The van der Waals surface area contributed by atoms with Crippen LogP contribution in [0.1, 0.15) is 46.2 Å². The van der Waals surface area contributed by atoms with Gasteiger partial charge in [-0.3, -0.25) is 4.79 Å². The average molecular weight is 307 g/mol. The van der Waals surface area contributed by atoms with Gasteiger partial charge in [0.1, 0.15) is 0 Å². The number of fused-ring (bicyclic) bond motifs is 1. The first-order valence-electron chi connectivity index (χ1n) is 8.51. The Morgan fingerprint density at radius 3 is 2.30 bits per heavy atom. The normalized spacial score (nSPS) is 13.5. The molecule has 0 saturated carbocycles. The van der Waals surface area contributed by atoms with Crippen LogP contribution in [0.3, 0.4) is 0 Å². The Labute approximate surface area is 138 Å². The van der Waals surface area contributed by atoms with Crippen LogP contribution >= 0.6 is 0 Å². The van der Waals surface area contributed by atoms with E-state index in [-0.39, 0.29) is 5.91 Å². The fraction of sp³-hybridized carbons (Fsp3) is 0.381. The van der Waals surface area contributed by atoms with Gasteiger partial charge in [0, 0.05) is 5.69 Å². The van der Waals surface area contributed by atoms with Gasteiger partial charge in [-0.1, -0.05) is 35.9 Å². The molecule has 1 aliphatic carbocycles. The van der Waals surface area contributed by atoms with E-state index in [1.807, 2.05) is 0 Å². The van der Waals surface area contributed by atoms with Crippen LogP contribution in [-0.2, 0) is 24.1 Å². The lowest BCUT2D eigenvalue weighted by Gasteiger charge is -2.17. The molecule has 0 bridgehead atoms. The van der Waals surface area contributed by atoms with Crippen LogP contribution in [0.15, 0.2) is 30.3 Å². The highest BCUT2D eigenvalue weighted by Crippen LogP contribution is 2.24. The number of aryl methyl sites for hydroxylation is 5. The van der Waals surface area contributed by atoms with E-state index < -0.39 is 0 Å². The molecule has 0 spiro atoms. The van der Waals surface area contributed by atoms with Gasteiger partial charge in [-0.15, -0.1) is 0 Å². The molecule has 1 aliphatic rings. The highest BCUT2D eigenvalue weighted by Gasteiger charge is 2.12. The molecule has 0 unspecified atom stereocenters. The molecule has 2 heteroatoms. The summed E-state index contributed by atoms with van der Waals surface area (Å²) in [6, 6.07) is 10.8. The largest absolute Gasteiger partial charge is 0.325 e. The molecule has 0 radical (unpaired) electrons. The zero-order valence-electron chi connectivity index (χ0n) is 14.3. The predicted molar refractivity (Wildman–Crippen MR) is 96.1 cm³/mol. The summed E-state index contributed by atoms with van der Waals surface area (Å²) in [6.45, 7) is 6.18. The van der Waals surface area contributed by atoms with Gasteiger partial charge in [0.2, 0.25) is 5.91 Å². The van der Waals surface area contributed by atoms with E-state index in [2.05, 4.69) is 56.4 Å². The summed E-state index contributed by atoms with van der Waals surface area (Å²) in [5, 5.41) is 3.10. The summed E-state index contributed by atoms with van der Waals surface area (Å²) >= 11 is 0. The first-order valence-corrected chi connectivity index (χ1v) is 8.51. The minimum absolute atomic E-state index is 0.0656. The van der Waals surface area contributed by atoms with Gasteiger partial charge in [-0.05, 0) is 74.3 Å². The zero-order valence-corrected chi connectivity index (χ0v) is 14.3. The van der Waals surface area contributed by atoms with E-state index >= 15 is 0 Å². The molecule has 3 rings (SSSR count). The minimum Gasteiger partial charge on any atom is -0.325 e. The van der Waals surface area contributed by atoms with Crippen molar-refractivity contribution in [1.82, 2.24) is 0 Å². The molecule has 23 heavy (non-hydrogen) atoms. The summed E-state index contributed by atoms with van der Waals surface area (Å²) in [5.74, 6) is 0.0656. The molecule has 1 N–H and O–H groups in total. The van der Waals surface area contributed by atoms with Gasteiger partial charge in [-0.25, -0.2) is 0 Å². The van der Waals surface area contributed by atoms with Crippen molar-refractivity contribution in [3.63, 3.8) is 0 Å². The van der Waals surface area contributed by atoms with E-state index in [1.165, 1.54) is 36.0 Å². The summed E-state index contributed by atoms with van der Waals surface area (Å²) in [6.07, 6.45) is 5.34. The molecule has 0 atom stereocenters. The second-order valence-electron chi connectivity index (χ2n) is 6.81. The van der Waals surface area contributed by atoms with Crippen molar-refractivity contribution < 1.29 is 4.79 Å². The van der Waals surface area contributed by atoms with Crippen LogP contribution in [0, 0.1) is 20.8 Å². The molecule has 0 aromatic heterocycles. The molecule has 2 nitrogen and oxygen atoms in total. The number of benzene rings is 2. The third kappa shape index (κ3) is 3.64. The lowest BCUT2D eigenvalue weighted by Crippen LogP contribution is -2.16. The third-order valence-corrected chi connectivity index (χ3v) is 4.72. The van der Waals surface area contributed by atoms with Crippen molar-refractivity contribution >= 4 is 11.6 Å². The third-order valence-electron chi connectivity index (χ3n) is 4.72. The first-order chi connectivity index (χ1) is 11.0. The maximum Gasteiger partial charge on any atom is 0.228 e. The second kappa shape index (κ2) is 6.57. The Hall–Kier alpha value is -2.09. The molecule has 1 amide bonds. The zero-order chi connectivity index (χ0) is 16.4. The highest BCUT2D eigenvalue weighted by atomic mass is 16.1. The summed E-state index contributed by atoms with van der Waals surface area (Å²) in [5.41, 5.74) is 8.45. The topological polar surface area (TPSA) is 29.1 Å². The molecular weight excluding hydrogens is 282 g/mol. The van der Waals surface area contributed by atoms with Gasteiger partial charge >= 0.3 is 0 Å². The molecule has 2 aromatic carbocycles. The Bertz CT molecular complexity index is 722. The van der Waals surface area contributed by atoms with E-state index in [0.717, 1.165) is 28.8 Å². The van der Waals surface area contributed by atoms with Crippen LogP contribution in [0.2, 0.25) is 0 Å². The molecule has 0 heterocycles. The van der Waals surface area contributed by atoms with Crippen molar-refractivity contribution in [2.24, 2.45) is 0 Å². The predicted octanol–water partition coefficient (Wildman–Crippen LogP) is 4.67. The number of nitrogens with one attached hydrogen (secondary N) is 1. The molecule has 120 valence electrons. The highest BCUT2D eigenvalue weighted by molar-refractivity contribution is 5.93. The van der Waals surface area contributed by atoms with Crippen molar-refractivity contribution in [2.45, 2.75) is 52.9 Å². The van der Waals surface area contributed by atoms with Crippen LogP contribution in [0.5, 0.6) is 0 Å². The number of hydrogen-bond donors (Lipinski definition) is 1. The molecule has 0 saturated heterocycles.